The van der Waals surface area contributed by atoms with Crippen LogP contribution in [0.25, 0.3) is 0 Å². The average Bonchev–Trinajstić information content (AvgIpc) is 2.90. The second-order valence-corrected chi connectivity index (χ2v) is 3.87. The monoisotopic (exact) mass is 243 g/mol. The fraction of sp³-hybridized carbons (Fsp3) is 0.143. The van der Waals surface area contributed by atoms with Crippen LogP contribution < -0.4 is 5.32 Å². The molecule has 18 heavy (non-hydrogen) atoms. The van der Waals surface area contributed by atoms with Crippen molar-refractivity contribution in [2.45, 2.75) is 12.8 Å². The van der Waals surface area contributed by atoms with Crippen LogP contribution >= 0.6 is 0 Å². The van der Waals surface area contributed by atoms with Crippen molar-refractivity contribution in [2.24, 2.45) is 0 Å². The van der Waals surface area contributed by atoms with Crippen LogP contribution in [-0.2, 0) is 11.2 Å². The fourth-order valence-electron chi connectivity index (χ4n) is 1.56. The molecular weight excluding hydrogens is 230 g/mol. The molecule has 0 fully saturated rings. The summed E-state index contributed by atoms with van der Waals surface area (Å²) in [5.41, 5.74) is 1.27. The highest BCUT2D eigenvalue weighted by Gasteiger charge is 2.04. The number of anilines is 1. The van der Waals surface area contributed by atoms with Gasteiger partial charge in [-0.15, -0.1) is 0 Å². The van der Waals surface area contributed by atoms with Crippen LogP contribution in [-0.4, -0.2) is 12.2 Å². The SMILES string of the molecule is O=Cc1ccc(NC(=O)CCc2ccco2)cc1. The van der Waals surface area contributed by atoms with Gasteiger partial charge in [0.2, 0.25) is 5.91 Å². The molecule has 0 aliphatic heterocycles. The Morgan fingerprint density at radius 3 is 2.61 bits per heavy atom. The van der Waals surface area contributed by atoms with Gasteiger partial charge in [0.1, 0.15) is 12.0 Å². The van der Waals surface area contributed by atoms with Crippen molar-refractivity contribution in [3.63, 3.8) is 0 Å². The van der Waals surface area contributed by atoms with Crippen LogP contribution in [0.3, 0.4) is 0 Å². The first-order chi connectivity index (χ1) is 8.78. The molecule has 0 radical (unpaired) electrons. The number of carbonyl (C=O) groups excluding carboxylic acids is 2. The minimum atomic E-state index is -0.0785. The Balaban J connectivity index is 1.84. The lowest BCUT2D eigenvalue weighted by Gasteiger charge is -2.04. The molecule has 1 aromatic heterocycles. The first kappa shape index (κ1) is 12.1. The molecule has 2 aromatic rings. The molecule has 0 atom stereocenters. The number of carbonyl (C=O) groups is 2. The number of rotatable bonds is 5. The first-order valence-corrected chi connectivity index (χ1v) is 5.65. The van der Waals surface area contributed by atoms with Crippen molar-refractivity contribution in [1.82, 2.24) is 0 Å². The van der Waals surface area contributed by atoms with Crippen molar-refractivity contribution in [3.05, 3.63) is 54.0 Å². The third-order valence-corrected chi connectivity index (χ3v) is 2.51. The van der Waals surface area contributed by atoms with E-state index in [1.165, 1.54) is 0 Å². The Bertz CT molecular complexity index is 514. The number of hydrogen-bond acceptors (Lipinski definition) is 3. The molecule has 2 rings (SSSR count). The van der Waals surface area contributed by atoms with Crippen LogP contribution in [0, 0.1) is 0 Å². The molecule has 0 aliphatic carbocycles. The van der Waals surface area contributed by atoms with Crippen LogP contribution in [0.2, 0.25) is 0 Å². The minimum Gasteiger partial charge on any atom is -0.469 e. The topological polar surface area (TPSA) is 59.3 Å². The standard InChI is InChI=1S/C14H13NO3/c16-10-11-3-5-12(6-4-11)15-14(17)8-7-13-2-1-9-18-13/h1-6,9-10H,7-8H2,(H,15,17). The third kappa shape index (κ3) is 3.31. The zero-order valence-electron chi connectivity index (χ0n) is 9.76. The average molecular weight is 243 g/mol. The Kier molecular flexibility index (Phi) is 3.91. The second-order valence-electron chi connectivity index (χ2n) is 3.87. The van der Waals surface area contributed by atoms with E-state index in [1.807, 2.05) is 6.07 Å². The van der Waals surface area contributed by atoms with Gasteiger partial charge in [-0.2, -0.15) is 0 Å². The maximum atomic E-state index is 11.6. The maximum Gasteiger partial charge on any atom is 0.224 e. The number of aldehydes is 1. The van der Waals surface area contributed by atoms with Crippen molar-refractivity contribution in [2.75, 3.05) is 5.32 Å². The van der Waals surface area contributed by atoms with Gasteiger partial charge in [-0.1, -0.05) is 0 Å². The van der Waals surface area contributed by atoms with Gasteiger partial charge in [-0.05, 0) is 36.4 Å². The summed E-state index contributed by atoms with van der Waals surface area (Å²) in [4.78, 5) is 22.1. The van der Waals surface area contributed by atoms with Gasteiger partial charge >= 0.3 is 0 Å². The summed E-state index contributed by atoms with van der Waals surface area (Å²) in [5, 5.41) is 2.76. The van der Waals surface area contributed by atoms with Gasteiger partial charge in [0, 0.05) is 24.1 Å². The lowest BCUT2D eigenvalue weighted by molar-refractivity contribution is -0.116. The summed E-state index contributed by atoms with van der Waals surface area (Å²) >= 11 is 0. The smallest absolute Gasteiger partial charge is 0.224 e. The fourth-order valence-corrected chi connectivity index (χ4v) is 1.56. The highest BCUT2D eigenvalue weighted by Crippen LogP contribution is 2.10. The first-order valence-electron chi connectivity index (χ1n) is 5.65. The molecule has 0 saturated carbocycles. The van der Waals surface area contributed by atoms with Crippen molar-refractivity contribution < 1.29 is 14.0 Å². The van der Waals surface area contributed by atoms with E-state index in [0.29, 0.717) is 24.1 Å². The van der Waals surface area contributed by atoms with Crippen molar-refractivity contribution in [1.29, 1.82) is 0 Å². The highest BCUT2D eigenvalue weighted by molar-refractivity contribution is 5.91. The van der Waals surface area contributed by atoms with Gasteiger partial charge < -0.3 is 9.73 Å². The van der Waals surface area contributed by atoms with Crippen molar-refractivity contribution >= 4 is 17.9 Å². The van der Waals surface area contributed by atoms with Gasteiger partial charge in [0.25, 0.3) is 0 Å². The molecule has 1 N–H and O–H groups in total. The zero-order valence-corrected chi connectivity index (χ0v) is 9.76. The van der Waals surface area contributed by atoms with Gasteiger partial charge in [-0.3, -0.25) is 9.59 Å². The van der Waals surface area contributed by atoms with Crippen LogP contribution in [0.15, 0.2) is 47.1 Å². The van der Waals surface area contributed by atoms with E-state index in [2.05, 4.69) is 5.32 Å². The summed E-state index contributed by atoms with van der Waals surface area (Å²) in [5.74, 6) is 0.715. The zero-order chi connectivity index (χ0) is 12.8. The van der Waals surface area contributed by atoms with Gasteiger partial charge in [0.05, 0.1) is 6.26 Å². The number of aryl methyl sites for hydroxylation is 1. The van der Waals surface area contributed by atoms with E-state index in [4.69, 9.17) is 4.42 Å². The Labute approximate surface area is 105 Å². The normalized spacial score (nSPS) is 10.0. The summed E-state index contributed by atoms with van der Waals surface area (Å²) in [7, 11) is 0. The van der Waals surface area contributed by atoms with Crippen LogP contribution in [0.1, 0.15) is 22.5 Å². The number of nitrogens with one attached hydrogen (secondary N) is 1. The summed E-state index contributed by atoms with van der Waals surface area (Å²) in [6.07, 6.45) is 3.29. The predicted molar refractivity (Wildman–Crippen MR) is 67.5 cm³/mol. The number of furan rings is 1. The van der Waals surface area contributed by atoms with Crippen LogP contribution in [0.4, 0.5) is 5.69 Å². The predicted octanol–water partition coefficient (Wildman–Crippen LogP) is 2.66. The summed E-state index contributed by atoms with van der Waals surface area (Å²) in [6, 6.07) is 10.4. The maximum absolute atomic E-state index is 11.6. The van der Waals surface area contributed by atoms with Crippen LogP contribution in [0.5, 0.6) is 0 Å². The minimum absolute atomic E-state index is 0.0785. The molecule has 1 aromatic carbocycles. The Morgan fingerprint density at radius 2 is 2.00 bits per heavy atom. The Hall–Kier alpha value is -2.36. The van der Waals surface area contributed by atoms with Crippen molar-refractivity contribution in [3.8, 4) is 0 Å². The second kappa shape index (κ2) is 5.82. The molecular formula is C14H13NO3. The van der Waals surface area contributed by atoms with E-state index in [1.54, 1.807) is 36.6 Å². The van der Waals surface area contributed by atoms with E-state index in [-0.39, 0.29) is 5.91 Å². The van der Waals surface area contributed by atoms with Gasteiger partial charge in [-0.25, -0.2) is 0 Å². The highest BCUT2D eigenvalue weighted by atomic mass is 16.3. The molecule has 92 valence electrons. The quantitative estimate of drug-likeness (QED) is 0.821. The lowest BCUT2D eigenvalue weighted by Crippen LogP contribution is -2.12. The molecule has 0 bridgehead atoms. The van der Waals surface area contributed by atoms with E-state index in [9.17, 15) is 9.59 Å². The molecule has 0 aliphatic rings. The molecule has 4 heteroatoms. The molecule has 1 heterocycles. The molecule has 4 nitrogen and oxygen atoms in total. The van der Waals surface area contributed by atoms with Gasteiger partial charge in [0.15, 0.2) is 0 Å². The van der Waals surface area contributed by atoms with E-state index < -0.39 is 0 Å². The molecule has 0 saturated heterocycles. The Morgan fingerprint density at radius 1 is 1.22 bits per heavy atom. The summed E-state index contributed by atoms with van der Waals surface area (Å²) < 4.78 is 5.15. The number of benzene rings is 1. The molecule has 1 amide bonds. The number of amides is 1. The van der Waals surface area contributed by atoms with E-state index >= 15 is 0 Å². The largest absolute Gasteiger partial charge is 0.469 e. The number of hydrogen-bond donors (Lipinski definition) is 1. The van der Waals surface area contributed by atoms with E-state index in [0.717, 1.165) is 12.0 Å². The third-order valence-electron chi connectivity index (χ3n) is 2.51. The molecule has 0 spiro atoms. The summed E-state index contributed by atoms with van der Waals surface area (Å²) in [6.45, 7) is 0. The lowest BCUT2D eigenvalue weighted by atomic mass is 10.2. The molecule has 0 unspecified atom stereocenters.